The van der Waals surface area contributed by atoms with Crippen LogP contribution in [0.4, 0.5) is 0 Å². The van der Waals surface area contributed by atoms with Crippen LogP contribution < -0.4 is 9.47 Å². The van der Waals surface area contributed by atoms with Crippen molar-refractivity contribution in [2.75, 3.05) is 19.8 Å². The lowest BCUT2D eigenvalue weighted by atomic mass is 9.98. The highest BCUT2D eigenvalue weighted by atomic mass is 35.5. The van der Waals surface area contributed by atoms with E-state index in [9.17, 15) is 14.7 Å². The third-order valence-electron chi connectivity index (χ3n) is 6.06. The summed E-state index contributed by atoms with van der Waals surface area (Å²) in [6.07, 6.45) is 0.551. The Hall–Kier alpha value is -3.29. The van der Waals surface area contributed by atoms with Crippen LogP contribution in [0.2, 0.25) is 5.02 Å². The van der Waals surface area contributed by atoms with Crippen LogP contribution in [0.15, 0.2) is 59.5 Å². The van der Waals surface area contributed by atoms with Gasteiger partial charge in [0.15, 0.2) is 11.5 Å². The Morgan fingerprint density at radius 2 is 1.82 bits per heavy atom. The normalized spacial score (nSPS) is 19.0. The molecule has 0 bridgehead atoms. The monoisotopic (exact) mass is 495 g/mol. The summed E-state index contributed by atoms with van der Waals surface area (Å²) in [7, 11) is 0. The summed E-state index contributed by atoms with van der Waals surface area (Å²) in [6.45, 7) is 3.12. The molecule has 34 heavy (non-hydrogen) atoms. The molecule has 1 saturated heterocycles. The van der Waals surface area contributed by atoms with E-state index in [0.717, 1.165) is 16.0 Å². The quantitative estimate of drug-likeness (QED) is 0.301. The number of ether oxygens (including phenoxy) is 2. The topological polar surface area (TPSA) is 76.1 Å². The largest absolute Gasteiger partial charge is 0.507 e. The molecule has 5 rings (SSSR count). The van der Waals surface area contributed by atoms with Gasteiger partial charge in [-0.25, -0.2) is 0 Å². The van der Waals surface area contributed by atoms with Crippen molar-refractivity contribution < 1.29 is 24.2 Å². The van der Waals surface area contributed by atoms with Gasteiger partial charge in [-0.15, -0.1) is 11.3 Å². The number of nitrogens with zero attached hydrogens (tertiary/aromatic N) is 1. The molecule has 6 nitrogen and oxygen atoms in total. The number of Topliss-reactive ketones (excluding diaryl/α,β-unsaturated/α-hetero) is 1. The lowest BCUT2D eigenvalue weighted by molar-refractivity contribution is -0.139. The summed E-state index contributed by atoms with van der Waals surface area (Å²) in [4.78, 5) is 28.8. The number of thiophene rings is 1. The molecule has 8 heteroatoms. The van der Waals surface area contributed by atoms with Gasteiger partial charge in [0.25, 0.3) is 11.7 Å². The maximum absolute atomic E-state index is 13.2. The summed E-state index contributed by atoms with van der Waals surface area (Å²) in [5.41, 5.74) is 2.45. The molecule has 174 valence electrons. The highest BCUT2D eigenvalue weighted by Gasteiger charge is 2.46. The minimum atomic E-state index is -0.693. The summed E-state index contributed by atoms with van der Waals surface area (Å²) >= 11 is 7.45. The molecule has 0 spiro atoms. The van der Waals surface area contributed by atoms with Crippen molar-refractivity contribution >= 4 is 40.4 Å². The van der Waals surface area contributed by atoms with Gasteiger partial charge in [0.05, 0.1) is 11.6 Å². The van der Waals surface area contributed by atoms with E-state index in [2.05, 4.69) is 0 Å². The molecule has 2 aliphatic heterocycles. The summed E-state index contributed by atoms with van der Waals surface area (Å²) in [5.74, 6) is -0.456. The van der Waals surface area contributed by atoms with Crippen molar-refractivity contribution in [3.8, 4) is 11.5 Å². The highest BCUT2D eigenvalue weighted by molar-refractivity contribution is 7.10. The summed E-state index contributed by atoms with van der Waals surface area (Å²) in [6, 6.07) is 13.7. The van der Waals surface area contributed by atoms with Gasteiger partial charge in [-0.05, 0) is 66.2 Å². The van der Waals surface area contributed by atoms with Crippen molar-refractivity contribution in [1.29, 1.82) is 0 Å². The first kappa shape index (κ1) is 22.5. The smallest absolute Gasteiger partial charge is 0.295 e. The molecule has 0 aliphatic carbocycles. The molecule has 0 saturated carbocycles. The molecule has 3 heterocycles. The van der Waals surface area contributed by atoms with E-state index in [1.165, 1.54) is 11.3 Å². The zero-order chi connectivity index (χ0) is 23.8. The first-order valence-electron chi connectivity index (χ1n) is 10.9. The molecule has 2 aromatic carbocycles. The Kier molecular flexibility index (Phi) is 6.06. The van der Waals surface area contributed by atoms with E-state index in [-0.39, 0.29) is 11.3 Å². The molecule has 1 atom stereocenters. The number of halogens is 1. The number of hydrogen-bond donors (Lipinski definition) is 1. The lowest BCUT2D eigenvalue weighted by Gasteiger charge is -2.25. The van der Waals surface area contributed by atoms with E-state index in [0.29, 0.717) is 48.3 Å². The fourth-order valence-electron chi connectivity index (χ4n) is 4.29. The Morgan fingerprint density at radius 1 is 1.09 bits per heavy atom. The number of ketones is 1. The van der Waals surface area contributed by atoms with Crippen LogP contribution in [0.3, 0.4) is 0 Å². The van der Waals surface area contributed by atoms with Crippen LogP contribution in [-0.2, 0) is 16.0 Å². The van der Waals surface area contributed by atoms with Gasteiger partial charge in [-0.1, -0.05) is 23.7 Å². The second kappa shape index (κ2) is 9.16. The number of rotatable bonds is 5. The predicted molar refractivity (Wildman–Crippen MR) is 131 cm³/mol. The zero-order valence-corrected chi connectivity index (χ0v) is 20.0. The number of fused-ring (bicyclic) bond motifs is 1. The van der Waals surface area contributed by atoms with Crippen LogP contribution in [0.1, 0.15) is 27.6 Å². The number of hydrogen-bond acceptors (Lipinski definition) is 6. The van der Waals surface area contributed by atoms with Crippen molar-refractivity contribution in [1.82, 2.24) is 4.90 Å². The summed E-state index contributed by atoms with van der Waals surface area (Å²) < 4.78 is 11.2. The standard InChI is InChI=1S/C26H22ClNO5S/c1-15-9-13-34-25(15)22-21(23(29)17-4-7-19-20(14-17)33-12-11-32-19)24(30)26(31)28(22)10-8-16-2-5-18(27)6-3-16/h2-7,9,13-14,22,29H,8,10-12H2,1H3/b23-21-. The first-order valence-corrected chi connectivity index (χ1v) is 12.2. The number of amides is 1. The molecule has 1 aromatic heterocycles. The Bertz CT molecular complexity index is 1300. The van der Waals surface area contributed by atoms with E-state index >= 15 is 0 Å². The van der Waals surface area contributed by atoms with Gasteiger partial charge in [0, 0.05) is 22.0 Å². The molecule has 1 amide bonds. The second-order valence-corrected chi connectivity index (χ2v) is 9.58. The fraction of sp³-hybridized carbons (Fsp3) is 0.231. The minimum absolute atomic E-state index is 0.0864. The SMILES string of the molecule is Cc1ccsc1C1/C(=C(/O)c2ccc3c(c2)OCCO3)C(=O)C(=O)N1CCc1ccc(Cl)cc1. The van der Waals surface area contributed by atoms with Crippen LogP contribution in [0.5, 0.6) is 11.5 Å². The van der Waals surface area contributed by atoms with E-state index in [4.69, 9.17) is 21.1 Å². The molecule has 1 N–H and O–H groups in total. The molecule has 1 unspecified atom stereocenters. The molecule has 3 aromatic rings. The molecule has 1 fully saturated rings. The Balaban J connectivity index is 1.55. The third-order valence-corrected chi connectivity index (χ3v) is 7.38. The molecule has 2 aliphatic rings. The van der Waals surface area contributed by atoms with E-state index in [1.54, 1.807) is 35.2 Å². The maximum atomic E-state index is 13.2. The van der Waals surface area contributed by atoms with Crippen LogP contribution >= 0.6 is 22.9 Å². The van der Waals surface area contributed by atoms with Gasteiger partial charge in [0.1, 0.15) is 19.0 Å². The van der Waals surface area contributed by atoms with Gasteiger partial charge in [-0.3, -0.25) is 9.59 Å². The van der Waals surface area contributed by atoms with Crippen molar-refractivity contribution in [3.05, 3.63) is 86.1 Å². The van der Waals surface area contributed by atoms with Crippen molar-refractivity contribution in [3.63, 3.8) is 0 Å². The van der Waals surface area contributed by atoms with Crippen LogP contribution in [-0.4, -0.2) is 41.5 Å². The third kappa shape index (κ3) is 4.06. The van der Waals surface area contributed by atoms with E-state index in [1.807, 2.05) is 30.5 Å². The lowest BCUT2D eigenvalue weighted by Crippen LogP contribution is -2.31. The van der Waals surface area contributed by atoms with Crippen LogP contribution in [0, 0.1) is 6.92 Å². The number of aliphatic hydroxyl groups is 1. The molecule has 0 radical (unpaired) electrons. The van der Waals surface area contributed by atoms with Gasteiger partial charge in [0.2, 0.25) is 0 Å². The number of likely N-dealkylation sites (tertiary alicyclic amines) is 1. The zero-order valence-electron chi connectivity index (χ0n) is 18.4. The van der Waals surface area contributed by atoms with Crippen molar-refractivity contribution in [2.45, 2.75) is 19.4 Å². The number of carbonyl (C=O) groups excluding carboxylic acids is 2. The first-order chi connectivity index (χ1) is 16.4. The number of aliphatic hydroxyl groups excluding tert-OH is 1. The van der Waals surface area contributed by atoms with Gasteiger partial charge < -0.3 is 19.5 Å². The average molecular weight is 496 g/mol. The number of aryl methyl sites for hydroxylation is 1. The number of carbonyl (C=O) groups is 2. The van der Waals surface area contributed by atoms with Crippen molar-refractivity contribution in [2.24, 2.45) is 0 Å². The predicted octanol–water partition coefficient (Wildman–Crippen LogP) is 5.15. The molecular weight excluding hydrogens is 474 g/mol. The Morgan fingerprint density at radius 3 is 2.53 bits per heavy atom. The second-order valence-electron chi connectivity index (χ2n) is 8.20. The fourth-order valence-corrected chi connectivity index (χ4v) is 5.47. The number of benzene rings is 2. The molecular formula is C26H22ClNO5S. The highest BCUT2D eigenvalue weighted by Crippen LogP contribution is 2.43. The maximum Gasteiger partial charge on any atom is 0.295 e. The Labute approximate surface area is 206 Å². The minimum Gasteiger partial charge on any atom is -0.507 e. The van der Waals surface area contributed by atoms with Gasteiger partial charge in [-0.2, -0.15) is 0 Å². The van der Waals surface area contributed by atoms with Crippen LogP contribution in [0.25, 0.3) is 5.76 Å². The van der Waals surface area contributed by atoms with Gasteiger partial charge >= 0.3 is 0 Å². The van der Waals surface area contributed by atoms with E-state index < -0.39 is 17.7 Å². The average Bonchev–Trinajstić information content (AvgIpc) is 3.38. The summed E-state index contributed by atoms with van der Waals surface area (Å²) in [5, 5.41) is 13.8.